The minimum Gasteiger partial charge on any atom is -0.465 e. The molecule has 0 aromatic carbocycles. The molecule has 1 aliphatic rings. The van der Waals surface area contributed by atoms with E-state index in [0.717, 1.165) is 12.8 Å². The quantitative estimate of drug-likeness (QED) is 0.764. The summed E-state index contributed by atoms with van der Waals surface area (Å²) in [6, 6.07) is -0.273. The maximum Gasteiger partial charge on any atom is 0.342 e. The van der Waals surface area contributed by atoms with Crippen molar-refractivity contribution in [2.24, 2.45) is 11.7 Å². The number of nitrogens with two attached hydrogens (primary N) is 1. The summed E-state index contributed by atoms with van der Waals surface area (Å²) < 4.78 is 37.2. The van der Waals surface area contributed by atoms with Gasteiger partial charge in [0.25, 0.3) is 0 Å². The molecule has 2 N–H and O–H groups in total. The van der Waals surface area contributed by atoms with Crippen molar-refractivity contribution in [1.29, 1.82) is 0 Å². The lowest BCUT2D eigenvalue weighted by atomic mass is 10.2. The molecule has 1 heterocycles. The Kier molecular flexibility index (Phi) is 6.25. The van der Waals surface area contributed by atoms with Crippen molar-refractivity contribution < 1.29 is 22.4 Å². The molecule has 0 radical (unpaired) electrons. The lowest BCUT2D eigenvalue weighted by Crippen LogP contribution is -2.43. The summed E-state index contributed by atoms with van der Waals surface area (Å²) in [4.78, 5) is 11.8. The third-order valence-electron chi connectivity index (χ3n) is 4.11. The van der Waals surface area contributed by atoms with E-state index in [4.69, 9.17) is 10.2 Å². The predicted octanol–water partition coefficient (Wildman–Crippen LogP) is 1.46. The van der Waals surface area contributed by atoms with Crippen LogP contribution in [0, 0.1) is 19.8 Å². The fraction of sp³-hybridized carbons (Fsp3) is 0.643. The van der Waals surface area contributed by atoms with Crippen molar-refractivity contribution >= 4 is 28.4 Å². The van der Waals surface area contributed by atoms with Crippen LogP contribution in [0.15, 0.2) is 9.31 Å². The van der Waals surface area contributed by atoms with E-state index in [1.807, 2.05) is 0 Å². The monoisotopic (exact) mass is 366 g/mol. The zero-order valence-corrected chi connectivity index (χ0v) is 15.3. The van der Waals surface area contributed by atoms with Gasteiger partial charge < -0.3 is 14.9 Å². The van der Waals surface area contributed by atoms with E-state index in [0.29, 0.717) is 0 Å². The summed E-state index contributed by atoms with van der Waals surface area (Å²) in [5.74, 6) is -0.0416. The number of ether oxygens (including phenoxy) is 1. The molecule has 23 heavy (non-hydrogen) atoms. The number of hydrogen-bond acceptors (Lipinski definition) is 6. The van der Waals surface area contributed by atoms with Gasteiger partial charge in [-0.05, 0) is 32.6 Å². The molecule has 1 aliphatic carbocycles. The highest BCUT2D eigenvalue weighted by Gasteiger charge is 2.41. The van der Waals surface area contributed by atoms with Crippen LogP contribution in [-0.4, -0.2) is 45.4 Å². The molecule has 2 rings (SSSR count). The van der Waals surface area contributed by atoms with Crippen LogP contribution in [0.4, 0.5) is 0 Å². The van der Waals surface area contributed by atoms with Crippen molar-refractivity contribution in [2.45, 2.75) is 37.6 Å². The van der Waals surface area contributed by atoms with Gasteiger partial charge in [-0.15, -0.1) is 12.4 Å². The van der Waals surface area contributed by atoms with Gasteiger partial charge in [0, 0.05) is 19.6 Å². The van der Waals surface area contributed by atoms with Crippen LogP contribution in [0.25, 0.3) is 0 Å². The van der Waals surface area contributed by atoms with Crippen LogP contribution < -0.4 is 5.73 Å². The van der Waals surface area contributed by atoms with E-state index in [1.165, 1.54) is 25.4 Å². The minimum atomic E-state index is -3.89. The Morgan fingerprint density at radius 1 is 1.39 bits per heavy atom. The Bertz CT molecular complexity index is 682. The molecule has 1 unspecified atom stereocenters. The third-order valence-corrected chi connectivity index (χ3v) is 6.14. The van der Waals surface area contributed by atoms with Crippen molar-refractivity contribution in [3.8, 4) is 0 Å². The first kappa shape index (κ1) is 20.0. The first-order valence-electron chi connectivity index (χ1n) is 7.12. The number of hydrogen-bond donors (Lipinski definition) is 1. The predicted molar refractivity (Wildman–Crippen MR) is 87.3 cm³/mol. The maximum absolute atomic E-state index is 12.9. The average molecular weight is 367 g/mol. The standard InChI is InChI=1S/C14H22N2O5S.ClH/c1-8-12(14(17)20-4)13(9(2)21-8)22(18,19)16(3)11(7-15)10-5-6-10;/h10-11H,5-7,15H2,1-4H3;1H. The number of carbonyl (C=O) groups is 1. The number of aryl methyl sites for hydroxylation is 2. The topological polar surface area (TPSA) is 103 Å². The van der Waals surface area contributed by atoms with E-state index in [1.54, 1.807) is 6.92 Å². The fourth-order valence-corrected chi connectivity index (χ4v) is 4.55. The number of sulfonamides is 1. The Morgan fingerprint density at radius 3 is 2.39 bits per heavy atom. The van der Waals surface area contributed by atoms with Crippen molar-refractivity contribution in [3.05, 3.63) is 17.1 Å². The van der Waals surface area contributed by atoms with E-state index in [-0.39, 0.29) is 52.9 Å². The smallest absolute Gasteiger partial charge is 0.342 e. The van der Waals surface area contributed by atoms with Crippen LogP contribution >= 0.6 is 12.4 Å². The average Bonchev–Trinajstić information content (AvgIpc) is 3.23. The largest absolute Gasteiger partial charge is 0.465 e. The minimum absolute atomic E-state index is 0. The van der Waals surface area contributed by atoms with E-state index < -0.39 is 16.0 Å². The molecule has 0 amide bonds. The Morgan fingerprint density at radius 2 is 1.96 bits per heavy atom. The Hall–Kier alpha value is -1.09. The highest BCUT2D eigenvalue weighted by Crippen LogP contribution is 2.38. The molecule has 0 bridgehead atoms. The highest BCUT2D eigenvalue weighted by atomic mass is 35.5. The summed E-state index contributed by atoms with van der Waals surface area (Å²) in [6.45, 7) is 3.30. The van der Waals surface area contributed by atoms with Gasteiger partial charge in [0.15, 0.2) is 0 Å². The molecule has 0 aliphatic heterocycles. The molecule has 9 heteroatoms. The number of carbonyl (C=O) groups excluding carboxylic acids is 1. The second-order valence-electron chi connectivity index (χ2n) is 5.57. The van der Waals surface area contributed by atoms with Gasteiger partial charge in [0.1, 0.15) is 22.0 Å². The normalized spacial score (nSPS) is 16.1. The Labute approximate surface area is 142 Å². The number of rotatable bonds is 6. The molecule has 1 saturated carbocycles. The highest BCUT2D eigenvalue weighted by molar-refractivity contribution is 7.89. The van der Waals surface area contributed by atoms with Crippen molar-refractivity contribution in [1.82, 2.24) is 4.31 Å². The van der Waals surface area contributed by atoms with Crippen LogP contribution in [0.2, 0.25) is 0 Å². The van der Waals surface area contributed by atoms with E-state index in [2.05, 4.69) is 4.74 Å². The number of esters is 1. The number of nitrogens with zero attached hydrogens (tertiary/aromatic N) is 1. The van der Waals surface area contributed by atoms with Crippen LogP contribution in [0.3, 0.4) is 0 Å². The molecular formula is C14H23ClN2O5S. The molecular weight excluding hydrogens is 344 g/mol. The molecule has 7 nitrogen and oxygen atoms in total. The number of halogens is 1. The lowest BCUT2D eigenvalue weighted by molar-refractivity contribution is 0.0594. The maximum atomic E-state index is 12.9. The van der Waals surface area contributed by atoms with Crippen LogP contribution in [-0.2, 0) is 14.8 Å². The lowest BCUT2D eigenvalue weighted by Gasteiger charge is -2.26. The SMILES string of the molecule is COC(=O)c1c(C)oc(C)c1S(=O)(=O)N(C)C(CN)C1CC1.Cl. The second kappa shape index (κ2) is 7.21. The van der Waals surface area contributed by atoms with Crippen molar-refractivity contribution in [3.63, 3.8) is 0 Å². The van der Waals surface area contributed by atoms with Gasteiger partial charge in [-0.25, -0.2) is 13.2 Å². The first-order chi connectivity index (χ1) is 10.3. The molecule has 0 saturated heterocycles. The van der Waals surface area contributed by atoms with Gasteiger partial charge in [0.2, 0.25) is 10.0 Å². The fourth-order valence-electron chi connectivity index (χ4n) is 2.75. The first-order valence-corrected chi connectivity index (χ1v) is 8.56. The molecule has 1 aromatic rings. The van der Waals surface area contributed by atoms with Gasteiger partial charge in [0.05, 0.1) is 7.11 Å². The zero-order chi connectivity index (χ0) is 16.7. The van der Waals surface area contributed by atoms with E-state index >= 15 is 0 Å². The number of furan rings is 1. The molecule has 1 aromatic heterocycles. The molecule has 1 atom stereocenters. The van der Waals surface area contributed by atoms with Crippen LogP contribution in [0.5, 0.6) is 0 Å². The van der Waals surface area contributed by atoms with Gasteiger partial charge >= 0.3 is 5.97 Å². The number of likely N-dealkylation sites (N-methyl/N-ethyl adjacent to an activating group) is 1. The van der Waals surface area contributed by atoms with Crippen molar-refractivity contribution in [2.75, 3.05) is 20.7 Å². The summed E-state index contributed by atoms with van der Waals surface area (Å²) in [6.07, 6.45) is 1.93. The van der Waals surface area contributed by atoms with E-state index in [9.17, 15) is 13.2 Å². The number of methoxy groups -OCH3 is 1. The second-order valence-corrected chi connectivity index (χ2v) is 7.51. The Balaban J connectivity index is 0.00000264. The van der Waals surface area contributed by atoms with Gasteiger partial charge in [-0.3, -0.25) is 0 Å². The molecule has 0 spiro atoms. The van der Waals surface area contributed by atoms with Gasteiger partial charge in [-0.1, -0.05) is 0 Å². The third kappa shape index (κ3) is 3.55. The van der Waals surface area contributed by atoms with Gasteiger partial charge in [-0.2, -0.15) is 4.31 Å². The molecule has 1 fully saturated rings. The zero-order valence-electron chi connectivity index (χ0n) is 13.7. The summed E-state index contributed by atoms with van der Waals surface area (Å²) in [5.41, 5.74) is 5.69. The summed E-state index contributed by atoms with van der Waals surface area (Å²) in [7, 11) is -1.19. The van der Waals surface area contributed by atoms with Crippen LogP contribution in [0.1, 0.15) is 34.7 Å². The summed E-state index contributed by atoms with van der Waals surface area (Å²) >= 11 is 0. The molecule has 132 valence electrons. The summed E-state index contributed by atoms with van der Waals surface area (Å²) in [5, 5.41) is 0.